The minimum absolute atomic E-state index is 0.118. The average Bonchev–Trinajstić information content (AvgIpc) is 2.68. The fourth-order valence-electron chi connectivity index (χ4n) is 2.20. The van der Waals surface area contributed by atoms with Crippen LogP contribution in [0.2, 0.25) is 0 Å². The van der Waals surface area contributed by atoms with Crippen LogP contribution in [-0.2, 0) is 19.0 Å². The van der Waals surface area contributed by atoms with Crippen molar-refractivity contribution in [3.8, 4) is 0 Å². The number of rotatable bonds is 2. The van der Waals surface area contributed by atoms with E-state index in [2.05, 4.69) is 0 Å². The first-order chi connectivity index (χ1) is 9.83. The van der Waals surface area contributed by atoms with E-state index in [-0.39, 0.29) is 18.1 Å². The molecule has 1 rings (SSSR count). The summed E-state index contributed by atoms with van der Waals surface area (Å²) in [4.78, 5) is 26.2. The highest BCUT2D eigenvalue weighted by atomic mass is 16.6. The lowest BCUT2D eigenvalue weighted by molar-refractivity contribution is -0.153. The topological polar surface area (TPSA) is 65.1 Å². The summed E-state index contributed by atoms with van der Waals surface area (Å²) in [7, 11) is 0. The molecule has 6 heteroatoms. The molecule has 0 aliphatic carbocycles. The first kappa shape index (κ1) is 18.7. The van der Waals surface area contributed by atoms with E-state index in [4.69, 9.17) is 14.2 Å². The van der Waals surface area contributed by atoms with Gasteiger partial charge >= 0.3 is 12.1 Å². The highest BCUT2D eigenvalue weighted by Gasteiger charge is 2.49. The van der Waals surface area contributed by atoms with E-state index in [1.807, 2.05) is 20.8 Å². The third kappa shape index (κ3) is 4.87. The number of carbonyl (C=O) groups excluding carboxylic acids is 2. The molecule has 0 N–H and O–H groups in total. The molecule has 22 heavy (non-hydrogen) atoms. The van der Waals surface area contributed by atoms with Crippen LogP contribution >= 0.6 is 0 Å². The Morgan fingerprint density at radius 2 is 1.68 bits per heavy atom. The second-order valence-electron chi connectivity index (χ2n) is 7.94. The summed E-state index contributed by atoms with van der Waals surface area (Å²) in [6.07, 6.45) is -1.34. The molecule has 0 aromatic carbocycles. The maximum absolute atomic E-state index is 12.5. The Morgan fingerprint density at radius 3 is 2.09 bits per heavy atom. The molecule has 2 atom stereocenters. The van der Waals surface area contributed by atoms with Crippen molar-refractivity contribution in [1.29, 1.82) is 0 Å². The first-order valence-electron chi connectivity index (χ1n) is 7.66. The molecule has 6 nitrogen and oxygen atoms in total. The van der Waals surface area contributed by atoms with Gasteiger partial charge in [0.2, 0.25) is 0 Å². The molecule has 0 aromatic heterocycles. The third-order valence-electron chi connectivity index (χ3n) is 2.97. The summed E-state index contributed by atoms with van der Waals surface area (Å²) in [6.45, 7) is 14.9. The van der Waals surface area contributed by atoms with E-state index in [9.17, 15) is 9.59 Å². The molecule has 1 aliphatic heterocycles. The van der Waals surface area contributed by atoms with Gasteiger partial charge in [0.1, 0.15) is 11.8 Å². The van der Waals surface area contributed by atoms with Gasteiger partial charge in [-0.1, -0.05) is 20.8 Å². The first-order valence-corrected chi connectivity index (χ1v) is 7.66. The standard InChI is InChI=1S/C16H29NO5/c1-10(2)21-12(18)11-9-20-13(15(3,4)5)17(11)14(19)22-16(6,7)8/h10-11,13H,9H2,1-8H3. The Kier molecular flexibility index (Phi) is 5.49. The molecule has 1 amide bonds. The molecule has 0 radical (unpaired) electrons. The predicted molar refractivity (Wildman–Crippen MR) is 82.3 cm³/mol. The zero-order valence-corrected chi connectivity index (χ0v) is 14.9. The van der Waals surface area contributed by atoms with Crippen LogP contribution in [0.1, 0.15) is 55.4 Å². The van der Waals surface area contributed by atoms with E-state index in [1.165, 1.54) is 4.90 Å². The van der Waals surface area contributed by atoms with Crippen molar-refractivity contribution in [1.82, 2.24) is 4.90 Å². The molecule has 1 heterocycles. The Morgan fingerprint density at radius 1 is 1.14 bits per heavy atom. The summed E-state index contributed by atoms with van der Waals surface area (Å²) in [5.41, 5.74) is -0.988. The lowest BCUT2D eigenvalue weighted by atomic mass is 9.93. The molecular weight excluding hydrogens is 286 g/mol. The molecule has 1 aliphatic rings. The Bertz CT molecular complexity index is 419. The van der Waals surface area contributed by atoms with Crippen LogP contribution < -0.4 is 0 Å². The predicted octanol–water partition coefficient (Wildman–Crippen LogP) is 2.95. The van der Waals surface area contributed by atoms with E-state index in [0.29, 0.717) is 0 Å². The Labute approximate surface area is 133 Å². The van der Waals surface area contributed by atoms with Crippen LogP contribution in [0, 0.1) is 5.41 Å². The summed E-state index contributed by atoms with van der Waals surface area (Å²) in [5.74, 6) is -0.465. The van der Waals surface area contributed by atoms with Crippen molar-refractivity contribution in [2.45, 2.75) is 79.4 Å². The molecule has 2 unspecified atom stereocenters. The number of hydrogen-bond donors (Lipinski definition) is 0. The minimum atomic E-state index is -0.776. The van der Waals surface area contributed by atoms with Crippen LogP contribution in [0.3, 0.4) is 0 Å². The van der Waals surface area contributed by atoms with Gasteiger partial charge in [-0.3, -0.25) is 4.90 Å². The molecule has 1 fully saturated rings. The van der Waals surface area contributed by atoms with Crippen molar-refractivity contribution >= 4 is 12.1 Å². The molecule has 0 aromatic rings. The smallest absolute Gasteiger partial charge is 0.413 e. The maximum atomic E-state index is 12.5. The van der Waals surface area contributed by atoms with E-state index in [0.717, 1.165) is 0 Å². The van der Waals surface area contributed by atoms with Gasteiger partial charge in [0.05, 0.1) is 12.7 Å². The second-order valence-corrected chi connectivity index (χ2v) is 7.94. The Balaban J connectivity index is 3.02. The lowest BCUT2D eigenvalue weighted by Gasteiger charge is -2.36. The van der Waals surface area contributed by atoms with E-state index in [1.54, 1.807) is 34.6 Å². The number of hydrogen-bond acceptors (Lipinski definition) is 5. The highest BCUT2D eigenvalue weighted by Crippen LogP contribution is 2.33. The number of carbonyl (C=O) groups is 2. The fraction of sp³-hybridized carbons (Fsp3) is 0.875. The number of amides is 1. The van der Waals surface area contributed by atoms with Crippen molar-refractivity contribution in [2.24, 2.45) is 5.41 Å². The normalized spacial score (nSPS) is 22.9. The van der Waals surface area contributed by atoms with Crippen molar-refractivity contribution in [3.05, 3.63) is 0 Å². The fourth-order valence-corrected chi connectivity index (χ4v) is 2.20. The quantitative estimate of drug-likeness (QED) is 0.733. The zero-order chi connectivity index (χ0) is 17.3. The van der Waals surface area contributed by atoms with Crippen LogP contribution in [0.15, 0.2) is 0 Å². The molecule has 0 bridgehead atoms. The highest BCUT2D eigenvalue weighted by molar-refractivity contribution is 5.82. The summed E-state index contributed by atoms with van der Waals surface area (Å²) in [6, 6.07) is -0.776. The van der Waals surface area contributed by atoms with Gasteiger partial charge in [-0.25, -0.2) is 9.59 Å². The number of esters is 1. The summed E-state index contributed by atoms with van der Waals surface area (Å²) >= 11 is 0. The molecule has 128 valence electrons. The Hall–Kier alpha value is -1.30. The van der Waals surface area contributed by atoms with Gasteiger partial charge in [0.25, 0.3) is 0 Å². The molecule has 1 saturated heterocycles. The van der Waals surface area contributed by atoms with Gasteiger partial charge < -0.3 is 14.2 Å². The maximum Gasteiger partial charge on any atom is 0.413 e. The lowest BCUT2D eigenvalue weighted by Crippen LogP contribution is -2.52. The largest absolute Gasteiger partial charge is 0.461 e. The minimum Gasteiger partial charge on any atom is -0.461 e. The second kappa shape index (κ2) is 6.44. The van der Waals surface area contributed by atoms with Crippen molar-refractivity contribution < 1.29 is 23.8 Å². The molecular formula is C16H29NO5. The number of ether oxygens (including phenoxy) is 3. The van der Waals surface area contributed by atoms with Gasteiger partial charge in [-0.15, -0.1) is 0 Å². The number of nitrogens with zero attached hydrogens (tertiary/aromatic N) is 1. The van der Waals surface area contributed by atoms with Crippen molar-refractivity contribution in [2.75, 3.05) is 6.61 Å². The third-order valence-corrected chi connectivity index (χ3v) is 2.97. The van der Waals surface area contributed by atoms with Gasteiger partial charge in [-0.2, -0.15) is 0 Å². The summed E-state index contributed by atoms with van der Waals surface area (Å²) in [5, 5.41) is 0. The molecule has 0 spiro atoms. The van der Waals surface area contributed by atoms with Gasteiger partial charge in [0.15, 0.2) is 6.04 Å². The molecule has 0 saturated carbocycles. The van der Waals surface area contributed by atoms with Gasteiger partial charge in [-0.05, 0) is 34.6 Å². The average molecular weight is 315 g/mol. The van der Waals surface area contributed by atoms with E-state index < -0.39 is 29.9 Å². The van der Waals surface area contributed by atoms with Crippen molar-refractivity contribution in [3.63, 3.8) is 0 Å². The summed E-state index contributed by atoms with van der Waals surface area (Å²) < 4.78 is 16.4. The monoisotopic (exact) mass is 315 g/mol. The zero-order valence-electron chi connectivity index (χ0n) is 14.9. The van der Waals surface area contributed by atoms with Crippen LogP contribution in [0.25, 0.3) is 0 Å². The van der Waals surface area contributed by atoms with E-state index >= 15 is 0 Å². The van der Waals surface area contributed by atoms with Crippen LogP contribution in [0.4, 0.5) is 4.79 Å². The van der Waals surface area contributed by atoms with Crippen LogP contribution in [0.5, 0.6) is 0 Å². The van der Waals surface area contributed by atoms with Crippen LogP contribution in [-0.4, -0.2) is 47.5 Å². The SMILES string of the molecule is CC(C)OC(=O)C1COC(C(C)(C)C)N1C(=O)OC(C)(C)C. The van der Waals surface area contributed by atoms with Gasteiger partial charge in [0, 0.05) is 5.41 Å².